The molecular formula is C13H18N2O6. The van der Waals surface area contributed by atoms with Crippen molar-refractivity contribution >= 4 is 17.3 Å². The number of carbonyl (C=O) groups excluding carboxylic acids is 1. The molecule has 0 bridgehead atoms. The fourth-order valence-corrected chi connectivity index (χ4v) is 1.66. The average molecular weight is 298 g/mol. The molecule has 1 aromatic rings. The minimum absolute atomic E-state index is 0.0815. The van der Waals surface area contributed by atoms with Gasteiger partial charge in [0.1, 0.15) is 11.7 Å². The fraction of sp³-hybridized carbons (Fsp3) is 0.462. The summed E-state index contributed by atoms with van der Waals surface area (Å²) in [7, 11) is 1.17. The summed E-state index contributed by atoms with van der Waals surface area (Å²) >= 11 is 0. The van der Waals surface area contributed by atoms with E-state index in [0.29, 0.717) is 13.0 Å². The lowest BCUT2D eigenvalue weighted by atomic mass is 10.2. The maximum absolute atomic E-state index is 11.4. The van der Waals surface area contributed by atoms with Crippen LogP contribution in [0.5, 0.6) is 5.75 Å². The molecule has 0 aliphatic rings. The van der Waals surface area contributed by atoms with Crippen LogP contribution in [0.3, 0.4) is 0 Å². The van der Waals surface area contributed by atoms with Gasteiger partial charge in [0.25, 0.3) is 0 Å². The van der Waals surface area contributed by atoms with Gasteiger partial charge >= 0.3 is 11.7 Å². The number of nitro benzene ring substituents is 1. The zero-order valence-electron chi connectivity index (χ0n) is 11.9. The summed E-state index contributed by atoms with van der Waals surface area (Å²) in [6.07, 6.45) is 0.705. The number of nitro groups is 1. The summed E-state index contributed by atoms with van der Waals surface area (Å²) in [5.74, 6) is -0.611. The van der Waals surface area contributed by atoms with E-state index in [0.717, 1.165) is 0 Å². The molecule has 0 aromatic heterocycles. The van der Waals surface area contributed by atoms with Crippen LogP contribution < -0.4 is 10.1 Å². The Morgan fingerprint density at radius 3 is 2.76 bits per heavy atom. The van der Waals surface area contributed by atoms with Crippen molar-refractivity contribution in [2.75, 3.05) is 25.6 Å². The topological polar surface area (TPSA) is 111 Å². The van der Waals surface area contributed by atoms with Gasteiger partial charge < -0.3 is 19.9 Å². The molecule has 8 heteroatoms. The van der Waals surface area contributed by atoms with E-state index in [9.17, 15) is 14.9 Å². The molecule has 0 saturated carbocycles. The molecule has 0 radical (unpaired) electrons. The largest absolute Gasteiger partial charge is 0.487 e. The summed E-state index contributed by atoms with van der Waals surface area (Å²) in [6.45, 7) is 1.67. The van der Waals surface area contributed by atoms with Crippen LogP contribution in [-0.4, -0.2) is 42.4 Å². The van der Waals surface area contributed by atoms with Crippen molar-refractivity contribution in [2.45, 2.75) is 19.4 Å². The van der Waals surface area contributed by atoms with Gasteiger partial charge in [-0.15, -0.1) is 0 Å². The van der Waals surface area contributed by atoms with E-state index < -0.39 is 23.5 Å². The van der Waals surface area contributed by atoms with Gasteiger partial charge in [-0.05, 0) is 18.6 Å². The number of anilines is 1. The minimum atomic E-state index is -1.09. The van der Waals surface area contributed by atoms with Gasteiger partial charge in [0.2, 0.25) is 0 Å². The molecule has 0 fully saturated rings. The Balaban J connectivity index is 3.10. The Bertz CT molecular complexity index is 505. The van der Waals surface area contributed by atoms with Gasteiger partial charge in [-0.2, -0.15) is 0 Å². The highest BCUT2D eigenvalue weighted by atomic mass is 16.6. The highest BCUT2D eigenvalue weighted by Crippen LogP contribution is 2.35. The first-order valence-electron chi connectivity index (χ1n) is 6.40. The van der Waals surface area contributed by atoms with Crippen molar-refractivity contribution in [1.29, 1.82) is 0 Å². The smallest absolute Gasteiger partial charge is 0.333 e. The first kappa shape index (κ1) is 16.7. The molecule has 0 heterocycles. The van der Waals surface area contributed by atoms with E-state index in [1.807, 2.05) is 6.92 Å². The predicted molar refractivity (Wildman–Crippen MR) is 75.4 cm³/mol. The molecule has 1 atom stereocenters. The Hall–Kier alpha value is -2.35. The number of aliphatic hydroxyl groups is 1. The summed E-state index contributed by atoms with van der Waals surface area (Å²) in [5, 5.41) is 23.0. The molecule has 2 N–H and O–H groups in total. The van der Waals surface area contributed by atoms with Crippen LogP contribution >= 0.6 is 0 Å². The van der Waals surface area contributed by atoms with Crippen LogP contribution in [0.2, 0.25) is 0 Å². The van der Waals surface area contributed by atoms with Crippen LogP contribution in [0.4, 0.5) is 11.4 Å². The molecule has 0 amide bonds. The highest BCUT2D eigenvalue weighted by Gasteiger charge is 2.25. The molecule has 1 aromatic carbocycles. The number of para-hydroxylation sites is 1. The fourth-order valence-electron chi connectivity index (χ4n) is 1.66. The van der Waals surface area contributed by atoms with Crippen molar-refractivity contribution < 1.29 is 24.3 Å². The number of aliphatic hydroxyl groups excluding tert-OH is 1. The van der Waals surface area contributed by atoms with Crippen LogP contribution in [0.15, 0.2) is 18.2 Å². The predicted octanol–water partition coefficient (Wildman–Crippen LogP) is 1.33. The van der Waals surface area contributed by atoms with Crippen molar-refractivity contribution in [1.82, 2.24) is 0 Å². The standard InChI is InChI=1S/C13H18N2O6/c1-3-7-21-11-6-4-5-9(12(11)15(18)19)14-10(8-16)13(17)20-2/h4-6,10,14,16H,3,7-8H2,1-2H3. The number of methoxy groups -OCH3 is 1. The number of carbonyl (C=O) groups is 1. The van der Waals surface area contributed by atoms with Gasteiger partial charge in [0.15, 0.2) is 5.75 Å². The Morgan fingerprint density at radius 1 is 1.52 bits per heavy atom. The van der Waals surface area contributed by atoms with Crippen molar-refractivity contribution in [3.8, 4) is 5.75 Å². The lowest BCUT2D eigenvalue weighted by Gasteiger charge is -2.16. The van der Waals surface area contributed by atoms with Gasteiger partial charge in [0, 0.05) is 0 Å². The molecule has 0 spiro atoms. The van der Waals surface area contributed by atoms with E-state index in [4.69, 9.17) is 9.84 Å². The van der Waals surface area contributed by atoms with E-state index in [2.05, 4.69) is 10.1 Å². The summed E-state index contributed by atoms with van der Waals surface area (Å²) < 4.78 is 9.84. The number of nitrogens with zero attached hydrogens (tertiary/aromatic N) is 1. The summed E-state index contributed by atoms with van der Waals surface area (Å²) in [4.78, 5) is 22.1. The van der Waals surface area contributed by atoms with E-state index in [1.165, 1.54) is 19.2 Å². The maximum atomic E-state index is 11.4. The number of ether oxygens (including phenoxy) is 2. The SMILES string of the molecule is CCCOc1cccc(NC(CO)C(=O)OC)c1[N+](=O)[O-]. The molecular weight excluding hydrogens is 280 g/mol. The highest BCUT2D eigenvalue weighted by molar-refractivity contribution is 5.81. The maximum Gasteiger partial charge on any atom is 0.333 e. The van der Waals surface area contributed by atoms with Crippen LogP contribution in [0.25, 0.3) is 0 Å². The van der Waals surface area contributed by atoms with Gasteiger partial charge in [0.05, 0.1) is 25.2 Å². The van der Waals surface area contributed by atoms with Gasteiger partial charge in [-0.3, -0.25) is 10.1 Å². The Labute approximate surface area is 121 Å². The Kier molecular flexibility index (Phi) is 6.41. The number of esters is 1. The third-order valence-electron chi connectivity index (χ3n) is 2.64. The third-order valence-corrected chi connectivity index (χ3v) is 2.64. The quantitative estimate of drug-likeness (QED) is 0.423. The lowest BCUT2D eigenvalue weighted by Crippen LogP contribution is -2.34. The van der Waals surface area contributed by atoms with E-state index in [1.54, 1.807) is 6.07 Å². The molecule has 0 saturated heterocycles. The first-order chi connectivity index (χ1) is 10.0. The second kappa shape index (κ2) is 8.05. The monoisotopic (exact) mass is 298 g/mol. The molecule has 0 aliphatic heterocycles. The average Bonchev–Trinajstić information content (AvgIpc) is 2.49. The number of nitrogens with one attached hydrogen (secondary N) is 1. The van der Waals surface area contributed by atoms with Gasteiger partial charge in [-0.1, -0.05) is 13.0 Å². The first-order valence-corrected chi connectivity index (χ1v) is 6.40. The van der Waals surface area contributed by atoms with Gasteiger partial charge in [-0.25, -0.2) is 4.79 Å². The lowest BCUT2D eigenvalue weighted by molar-refractivity contribution is -0.385. The van der Waals surface area contributed by atoms with Crippen molar-refractivity contribution in [3.05, 3.63) is 28.3 Å². The number of benzene rings is 1. The second-order valence-corrected chi connectivity index (χ2v) is 4.16. The van der Waals surface area contributed by atoms with Crippen LogP contribution in [0.1, 0.15) is 13.3 Å². The van der Waals surface area contributed by atoms with E-state index >= 15 is 0 Å². The number of hydrogen-bond donors (Lipinski definition) is 2. The zero-order valence-corrected chi connectivity index (χ0v) is 11.9. The third kappa shape index (κ3) is 4.32. The molecule has 21 heavy (non-hydrogen) atoms. The number of rotatable bonds is 8. The Morgan fingerprint density at radius 2 is 2.24 bits per heavy atom. The van der Waals surface area contributed by atoms with Crippen LogP contribution in [-0.2, 0) is 9.53 Å². The van der Waals surface area contributed by atoms with Crippen LogP contribution in [0, 0.1) is 10.1 Å². The minimum Gasteiger partial charge on any atom is -0.487 e. The molecule has 1 unspecified atom stereocenters. The summed E-state index contributed by atoms with van der Waals surface area (Å²) in [5.41, 5.74) is -0.202. The molecule has 0 aliphatic carbocycles. The van der Waals surface area contributed by atoms with Crippen molar-refractivity contribution in [2.24, 2.45) is 0 Å². The molecule has 8 nitrogen and oxygen atoms in total. The number of hydrogen-bond acceptors (Lipinski definition) is 7. The van der Waals surface area contributed by atoms with E-state index in [-0.39, 0.29) is 17.1 Å². The summed E-state index contributed by atoms with van der Waals surface area (Å²) in [6, 6.07) is 3.38. The van der Waals surface area contributed by atoms with Crippen molar-refractivity contribution in [3.63, 3.8) is 0 Å². The molecule has 1 rings (SSSR count). The second-order valence-electron chi connectivity index (χ2n) is 4.16. The normalized spacial score (nSPS) is 11.6. The molecule has 116 valence electrons. The zero-order chi connectivity index (χ0) is 15.8.